The zero-order valence-corrected chi connectivity index (χ0v) is 36.9. The van der Waals surface area contributed by atoms with Crippen LogP contribution in [-0.2, 0) is 43.7 Å². The summed E-state index contributed by atoms with van der Waals surface area (Å²) in [6.07, 6.45) is 9.94. The Labute approximate surface area is 374 Å². The van der Waals surface area contributed by atoms with Crippen LogP contribution < -0.4 is 11.0 Å². The molecule has 0 saturated heterocycles. The fraction of sp³-hybridized carbons (Fsp3) is 0.532. The van der Waals surface area contributed by atoms with Gasteiger partial charge in [-0.05, 0) is 87.5 Å². The molecule has 346 valence electrons. The maximum Gasteiger partial charge on any atom is 0.329 e. The molecule has 0 aliphatic heterocycles. The van der Waals surface area contributed by atoms with Gasteiger partial charge < -0.3 is 24.1 Å². The molecule has 65 heavy (non-hydrogen) atoms. The molecule has 4 heterocycles. The van der Waals surface area contributed by atoms with Crippen LogP contribution in [0.5, 0.6) is 0 Å². The maximum atomic E-state index is 14.1. The van der Waals surface area contributed by atoms with Gasteiger partial charge in [-0.25, -0.2) is 18.6 Å². The zero-order chi connectivity index (χ0) is 45.6. The van der Waals surface area contributed by atoms with E-state index in [0.29, 0.717) is 89.0 Å². The van der Waals surface area contributed by atoms with Crippen LogP contribution >= 0.6 is 0 Å². The van der Waals surface area contributed by atoms with E-state index in [2.05, 4.69) is 20.4 Å². The predicted molar refractivity (Wildman–Crippen MR) is 235 cm³/mol. The fourth-order valence-electron chi connectivity index (χ4n) is 9.11. The van der Waals surface area contributed by atoms with Gasteiger partial charge in [-0.1, -0.05) is 25.0 Å². The second-order valence-electron chi connectivity index (χ2n) is 17.5. The lowest BCUT2D eigenvalue weighted by Crippen LogP contribution is -2.37. The van der Waals surface area contributed by atoms with E-state index < -0.39 is 24.1 Å². The van der Waals surface area contributed by atoms with Crippen molar-refractivity contribution in [1.29, 1.82) is 0 Å². The SMILES string of the molecule is CN(CCOCCOCCCc1cccc2c1n(C)c(=O)n2C1CCC(=O)CC1=O)C(=O)C1CCC(n2cc(NC(=O)c3coc(-c4ccnc(CCC5CC5)c4)n3)c(C(F)F)n2)CC1. The summed E-state index contributed by atoms with van der Waals surface area (Å²) in [7, 11) is 3.45. The molecule has 16 nitrogen and oxygen atoms in total. The van der Waals surface area contributed by atoms with Crippen LogP contribution in [0.4, 0.5) is 14.5 Å². The van der Waals surface area contributed by atoms with E-state index in [9.17, 15) is 32.8 Å². The number of rotatable bonds is 20. The normalized spacial score (nSPS) is 19.1. The van der Waals surface area contributed by atoms with Gasteiger partial charge in [-0.3, -0.25) is 38.0 Å². The summed E-state index contributed by atoms with van der Waals surface area (Å²) < 4.78 is 50.0. The van der Waals surface area contributed by atoms with E-state index in [1.807, 2.05) is 24.3 Å². The zero-order valence-electron chi connectivity index (χ0n) is 36.9. The van der Waals surface area contributed by atoms with Gasteiger partial charge in [0.1, 0.15) is 12.0 Å². The molecule has 1 aromatic carbocycles. The molecule has 2 amide bonds. The van der Waals surface area contributed by atoms with Crippen LogP contribution in [0.15, 0.2) is 58.2 Å². The number of nitrogens with zero attached hydrogens (tertiary/aromatic N) is 7. The number of imidazole rings is 1. The number of ketones is 2. The highest BCUT2D eigenvalue weighted by atomic mass is 19.3. The van der Waals surface area contributed by atoms with E-state index in [4.69, 9.17) is 13.9 Å². The summed E-state index contributed by atoms with van der Waals surface area (Å²) in [5.41, 5.74) is 3.09. The molecular weight excluding hydrogens is 843 g/mol. The number of oxazole rings is 1. The first-order chi connectivity index (χ1) is 31.4. The quantitative estimate of drug-likeness (QED) is 0.0637. The molecule has 1 N–H and O–H groups in total. The number of Topliss-reactive ketones (excluding diaryl/α,β-unsaturated/α-hetero) is 2. The standard InChI is InChI=1S/C47H56F2N8O8/c1-54(20-22-64-24-23-63-21-4-6-30-5-3-7-39-42(30)55(2)47(62)57(39)38-17-16-35(58)26-40(38)59)46(61)31-11-14-34(15-12-31)56-27-36(41(53-56)43(48)49)51-44(60)37-28-65-45(52-37)32-18-19-50-33(25-32)13-10-29-8-9-29/h3,5,7,18-19,25,27-29,31,34,38,43H,4,6,8-17,20-24,26H2,1-2H3,(H,51,60). The van der Waals surface area contributed by atoms with Crippen molar-refractivity contribution in [3.05, 3.63) is 82.1 Å². The summed E-state index contributed by atoms with van der Waals surface area (Å²) >= 11 is 0. The number of aromatic nitrogens is 6. The second kappa shape index (κ2) is 20.5. The van der Waals surface area contributed by atoms with Crippen molar-refractivity contribution in [3.8, 4) is 11.5 Å². The molecule has 8 rings (SSSR count). The third-order valence-electron chi connectivity index (χ3n) is 12.9. The minimum atomic E-state index is -2.92. The van der Waals surface area contributed by atoms with Crippen molar-refractivity contribution >= 4 is 40.1 Å². The molecule has 1 atom stereocenters. The lowest BCUT2D eigenvalue weighted by atomic mass is 9.85. The number of alkyl halides is 2. The molecular formula is C47H56F2N8O8. The lowest BCUT2D eigenvalue weighted by molar-refractivity contribution is -0.136. The largest absolute Gasteiger partial charge is 0.444 e. The summed E-state index contributed by atoms with van der Waals surface area (Å²) in [4.78, 5) is 74.5. The predicted octanol–water partition coefficient (Wildman–Crippen LogP) is 6.84. The number of aryl methyl sites for hydroxylation is 3. The molecule has 3 aliphatic carbocycles. The summed E-state index contributed by atoms with van der Waals surface area (Å²) in [6, 6.07) is 8.49. The van der Waals surface area contributed by atoms with Crippen LogP contribution in [0.25, 0.3) is 22.5 Å². The van der Waals surface area contributed by atoms with Gasteiger partial charge in [0.2, 0.25) is 11.8 Å². The average Bonchev–Trinajstić information content (AvgIpc) is 3.71. The van der Waals surface area contributed by atoms with E-state index in [1.54, 1.807) is 40.4 Å². The Hall–Kier alpha value is -5.88. The highest BCUT2D eigenvalue weighted by Gasteiger charge is 2.33. The Balaban J connectivity index is 0.735. The summed E-state index contributed by atoms with van der Waals surface area (Å²) in [5, 5.41) is 6.71. The van der Waals surface area contributed by atoms with Gasteiger partial charge in [0.15, 0.2) is 17.2 Å². The van der Waals surface area contributed by atoms with E-state index in [1.165, 1.54) is 30.0 Å². The van der Waals surface area contributed by atoms with Crippen molar-refractivity contribution in [2.75, 3.05) is 45.3 Å². The number of pyridine rings is 1. The Morgan fingerprint density at radius 2 is 1.77 bits per heavy atom. The van der Waals surface area contributed by atoms with Gasteiger partial charge in [-0.2, -0.15) is 5.10 Å². The first-order valence-corrected chi connectivity index (χ1v) is 22.7. The first-order valence-electron chi connectivity index (χ1n) is 22.7. The van der Waals surface area contributed by atoms with E-state index in [0.717, 1.165) is 35.5 Å². The lowest BCUT2D eigenvalue weighted by Gasteiger charge is -2.30. The number of carbonyl (C=O) groups excluding carboxylic acids is 4. The third-order valence-corrected chi connectivity index (χ3v) is 12.9. The minimum Gasteiger partial charge on any atom is -0.444 e. The maximum absolute atomic E-state index is 14.1. The van der Waals surface area contributed by atoms with Crippen LogP contribution in [-0.4, -0.2) is 97.2 Å². The molecule has 1 unspecified atom stereocenters. The van der Waals surface area contributed by atoms with Crippen molar-refractivity contribution < 1.29 is 41.8 Å². The smallest absolute Gasteiger partial charge is 0.329 e. The number of carbonyl (C=O) groups is 4. The fourth-order valence-corrected chi connectivity index (χ4v) is 9.11. The highest BCUT2D eigenvalue weighted by Crippen LogP contribution is 2.36. The Bertz CT molecular complexity index is 2570. The molecule has 5 aromatic rings. The third kappa shape index (κ3) is 10.8. The van der Waals surface area contributed by atoms with Crippen LogP contribution in [0.1, 0.15) is 117 Å². The van der Waals surface area contributed by atoms with Gasteiger partial charge in [0.05, 0.1) is 55.0 Å². The number of hydrogen-bond acceptors (Lipinski definition) is 11. The number of para-hydroxylation sites is 1. The molecule has 0 radical (unpaired) electrons. The Kier molecular flexibility index (Phi) is 14.4. The monoisotopic (exact) mass is 898 g/mol. The van der Waals surface area contributed by atoms with Gasteiger partial charge in [-0.15, -0.1) is 0 Å². The van der Waals surface area contributed by atoms with Crippen LogP contribution in [0.3, 0.4) is 0 Å². The molecule has 3 fully saturated rings. The number of benzene rings is 1. The number of nitrogens with one attached hydrogen (secondary N) is 1. The van der Waals surface area contributed by atoms with Gasteiger partial charge >= 0.3 is 5.69 Å². The number of fused-ring (bicyclic) bond motifs is 1. The van der Waals surface area contributed by atoms with Crippen molar-refractivity contribution in [1.82, 2.24) is 33.8 Å². The van der Waals surface area contributed by atoms with Crippen LogP contribution in [0.2, 0.25) is 0 Å². The number of hydrogen-bond donors (Lipinski definition) is 1. The number of ether oxygens (including phenoxy) is 2. The molecule has 3 aliphatic rings. The van der Waals surface area contributed by atoms with E-state index >= 15 is 0 Å². The minimum absolute atomic E-state index is 0.00141. The number of anilines is 1. The summed E-state index contributed by atoms with van der Waals surface area (Å²) in [5.74, 6) is -0.207. The Morgan fingerprint density at radius 1 is 0.985 bits per heavy atom. The molecule has 4 aromatic heterocycles. The second-order valence-corrected chi connectivity index (χ2v) is 17.5. The van der Waals surface area contributed by atoms with E-state index in [-0.39, 0.29) is 65.2 Å². The summed E-state index contributed by atoms with van der Waals surface area (Å²) in [6.45, 7) is 1.96. The van der Waals surface area contributed by atoms with Gasteiger partial charge in [0.25, 0.3) is 12.3 Å². The molecule has 0 bridgehead atoms. The van der Waals surface area contributed by atoms with Crippen molar-refractivity contribution in [2.45, 2.75) is 102 Å². The van der Waals surface area contributed by atoms with Crippen molar-refractivity contribution in [3.63, 3.8) is 0 Å². The molecule has 18 heteroatoms. The first kappa shape index (κ1) is 45.7. The molecule has 3 saturated carbocycles. The Morgan fingerprint density at radius 3 is 2.52 bits per heavy atom. The number of amides is 2. The average molecular weight is 899 g/mol. The van der Waals surface area contributed by atoms with Gasteiger partial charge in [0, 0.05) is 63.2 Å². The number of halogens is 2. The topological polar surface area (TPSA) is 186 Å². The van der Waals surface area contributed by atoms with Crippen molar-refractivity contribution in [2.24, 2.45) is 18.9 Å². The van der Waals surface area contributed by atoms with Crippen LogP contribution in [0, 0.1) is 11.8 Å². The highest BCUT2D eigenvalue weighted by molar-refractivity contribution is 6.04. The molecule has 0 spiro atoms. The number of likely N-dealkylation sites (N-methyl/N-ethyl adjacent to an activating group) is 1.